The fraction of sp³-hybridized carbons (Fsp3) is 0.143. The summed E-state index contributed by atoms with van der Waals surface area (Å²) in [5.74, 6) is -2.59. The number of halogens is 4. The van der Waals surface area contributed by atoms with Gasteiger partial charge in [0.05, 0.1) is 5.56 Å². The Morgan fingerprint density at radius 3 is 2.36 bits per heavy atom. The van der Waals surface area contributed by atoms with Gasteiger partial charge in [-0.15, -0.1) is 0 Å². The summed E-state index contributed by atoms with van der Waals surface area (Å²) in [6, 6.07) is 0.174. The molecule has 0 aromatic carbocycles. The largest absolute Gasteiger partial charge is 0.417 e. The highest BCUT2D eigenvalue weighted by molar-refractivity contribution is 5.90. The molecular weight excluding hydrogens is 204 g/mol. The predicted octanol–water partition coefficient (Wildman–Crippen LogP) is 1.34. The van der Waals surface area contributed by atoms with E-state index in [9.17, 15) is 22.4 Å². The molecular formula is C7H4F4N2O. The van der Waals surface area contributed by atoms with Gasteiger partial charge in [0, 0.05) is 6.20 Å². The molecule has 0 bridgehead atoms. The zero-order valence-corrected chi connectivity index (χ0v) is 6.60. The zero-order chi connectivity index (χ0) is 10.9. The minimum atomic E-state index is -4.69. The standard InChI is InChI=1S/C7H4F4N2O/c8-4-1-3(7(9,10)11)2-13-5(4)6(12)14/h1-2H,(H2,12,14). The number of nitrogens with zero attached hydrogens (tertiary/aromatic N) is 1. The molecule has 1 aromatic heterocycles. The fourth-order valence-electron chi connectivity index (χ4n) is 0.774. The van der Waals surface area contributed by atoms with Gasteiger partial charge in [-0.05, 0) is 6.07 Å². The topological polar surface area (TPSA) is 56.0 Å². The maximum absolute atomic E-state index is 12.8. The maximum atomic E-state index is 12.8. The van der Waals surface area contributed by atoms with Crippen LogP contribution in [0.1, 0.15) is 16.1 Å². The number of primary amides is 1. The first kappa shape index (κ1) is 10.4. The quantitative estimate of drug-likeness (QED) is 0.708. The van der Waals surface area contributed by atoms with Gasteiger partial charge in [0.25, 0.3) is 5.91 Å². The number of alkyl halides is 3. The fourth-order valence-corrected chi connectivity index (χ4v) is 0.774. The van der Waals surface area contributed by atoms with Gasteiger partial charge in [0.1, 0.15) is 0 Å². The van der Waals surface area contributed by atoms with Crippen molar-refractivity contribution in [1.29, 1.82) is 0 Å². The number of rotatable bonds is 1. The normalized spacial score (nSPS) is 11.4. The molecule has 0 radical (unpaired) electrons. The third kappa shape index (κ3) is 1.98. The van der Waals surface area contributed by atoms with Crippen molar-refractivity contribution in [2.75, 3.05) is 0 Å². The summed E-state index contributed by atoms with van der Waals surface area (Å²) in [6.45, 7) is 0. The molecule has 3 nitrogen and oxygen atoms in total. The average molecular weight is 208 g/mol. The summed E-state index contributed by atoms with van der Waals surface area (Å²) >= 11 is 0. The van der Waals surface area contributed by atoms with Crippen molar-refractivity contribution in [3.8, 4) is 0 Å². The molecule has 0 aliphatic carbocycles. The highest BCUT2D eigenvalue weighted by atomic mass is 19.4. The van der Waals surface area contributed by atoms with E-state index in [1.165, 1.54) is 0 Å². The summed E-state index contributed by atoms with van der Waals surface area (Å²) in [4.78, 5) is 13.4. The molecule has 0 saturated carbocycles. The lowest BCUT2D eigenvalue weighted by atomic mass is 10.2. The number of aromatic nitrogens is 1. The Morgan fingerprint density at radius 2 is 2.00 bits per heavy atom. The van der Waals surface area contributed by atoms with Gasteiger partial charge in [-0.2, -0.15) is 13.2 Å². The minimum Gasteiger partial charge on any atom is -0.364 e. The second kappa shape index (κ2) is 3.24. The molecule has 1 aromatic rings. The molecule has 14 heavy (non-hydrogen) atoms. The van der Waals surface area contributed by atoms with Gasteiger partial charge in [-0.1, -0.05) is 0 Å². The summed E-state index contributed by atoms with van der Waals surface area (Å²) < 4.78 is 48.7. The lowest BCUT2D eigenvalue weighted by Crippen LogP contribution is -2.17. The Labute approximate surface area is 75.5 Å². The molecule has 7 heteroatoms. The van der Waals surface area contributed by atoms with Crippen LogP contribution in [0.5, 0.6) is 0 Å². The van der Waals surface area contributed by atoms with Crippen molar-refractivity contribution in [3.63, 3.8) is 0 Å². The number of pyridine rings is 1. The van der Waals surface area contributed by atoms with Gasteiger partial charge < -0.3 is 5.73 Å². The third-order valence-corrected chi connectivity index (χ3v) is 1.40. The first-order valence-corrected chi connectivity index (χ1v) is 3.35. The van der Waals surface area contributed by atoms with E-state index in [-0.39, 0.29) is 6.07 Å². The monoisotopic (exact) mass is 208 g/mol. The Balaban J connectivity index is 3.20. The first-order valence-electron chi connectivity index (χ1n) is 3.35. The number of hydrogen-bond donors (Lipinski definition) is 1. The SMILES string of the molecule is NC(=O)c1ncc(C(F)(F)F)cc1F. The minimum absolute atomic E-state index is 0.174. The van der Waals surface area contributed by atoms with E-state index in [0.29, 0.717) is 6.20 Å². The van der Waals surface area contributed by atoms with Crippen molar-refractivity contribution in [2.24, 2.45) is 5.73 Å². The summed E-state index contributed by atoms with van der Waals surface area (Å²) in [7, 11) is 0. The number of hydrogen-bond acceptors (Lipinski definition) is 2. The molecule has 0 aliphatic rings. The van der Waals surface area contributed by atoms with Crippen molar-refractivity contribution in [3.05, 3.63) is 29.3 Å². The van der Waals surface area contributed by atoms with Crippen molar-refractivity contribution in [2.45, 2.75) is 6.18 Å². The van der Waals surface area contributed by atoms with Crippen LogP contribution in [-0.2, 0) is 6.18 Å². The van der Waals surface area contributed by atoms with Crippen molar-refractivity contribution in [1.82, 2.24) is 4.98 Å². The van der Waals surface area contributed by atoms with E-state index in [4.69, 9.17) is 0 Å². The van der Waals surface area contributed by atoms with E-state index in [1.807, 2.05) is 0 Å². The Kier molecular flexibility index (Phi) is 2.41. The molecule has 0 aliphatic heterocycles. The Hall–Kier alpha value is -1.66. The lowest BCUT2D eigenvalue weighted by Gasteiger charge is -2.06. The van der Waals surface area contributed by atoms with Crippen LogP contribution < -0.4 is 5.73 Å². The van der Waals surface area contributed by atoms with E-state index >= 15 is 0 Å². The number of carbonyl (C=O) groups excluding carboxylic acids is 1. The summed E-state index contributed by atoms with van der Waals surface area (Å²) in [5, 5.41) is 0. The van der Waals surface area contributed by atoms with E-state index < -0.39 is 29.2 Å². The molecule has 1 rings (SSSR count). The smallest absolute Gasteiger partial charge is 0.364 e. The van der Waals surface area contributed by atoms with E-state index in [2.05, 4.69) is 10.7 Å². The number of carbonyl (C=O) groups is 1. The molecule has 0 spiro atoms. The van der Waals surface area contributed by atoms with Crippen LogP contribution in [0.15, 0.2) is 12.3 Å². The summed E-state index contributed by atoms with van der Waals surface area (Å²) in [6.07, 6.45) is -4.34. The van der Waals surface area contributed by atoms with Gasteiger partial charge >= 0.3 is 6.18 Å². The van der Waals surface area contributed by atoms with Gasteiger partial charge in [-0.3, -0.25) is 4.79 Å². The molecule has 76 valence electrons. The highest BCUT2D eigenvalue weighted by Gasteiger charge is 2.32. The predicted molar refractivity (Wildman–Crippen MR) is 37.7 cm³/mol. The average Bonchev–Trinajstić information content (AvgIpc) is 2.01. The van der Waals surface area contributed by atoms with E-state index in [0.717, 1.165) is 0 Å². The Bertz CT molecular complexity index is 374. The van der Waals surface area contributed by atoms with Crippen molar-refractivity contribution < 1.29 is 22.4 Å². The number of nitrogens with two attached hydrogens (primary N) is 1. The van der Waals surface area contributed by atoms with Crippen molar-refractivity contribution >= 4 is 5.91 Å². The molecule has 0 atom stereocenters. The number of amides is 1. The molecule has 1 heterocycles. The maximum Gasteiger partial charge on any atom is 0.417 e. The first-order chi connectivity index (χ1) is 6.32. The molecule has 1 amide bonds. The van der Waals surface area contributed by atoms with Crippen LogP contribution in [-0.4, -0.2) is 10.9 Å². The van der Waals surface area contributed by atoms with Gasteiger partial charge in [0.15, 0.2) is 11.5 Å². The lowest BCUT2D eigenvalue weighted by molar-refractivity contribution is -0.138. The van der Waals surface area contributed by atoms with E-state index in [1.54, 1.807) is 0 Å². The second-order valence-corrected chi connectivity index (χ2v) is 2.42. The van der Waals surface area contributed by atoms with Crippen LogP contribution in [0.3, 0.4) is 0 Å². The molecule has 0 unspecified atom stereocenters. The molecule has 0 fully saturated rings. The van der Waals surface area contributed by atoms with Gasteiger partial charge in [0.2, 0.25) is 0 Å². The summed E-state index contributed by atoms with van der Waals surface area (Å²) in [5.41, 5.74) is 2.58. The van der Waals surface area contributed by atoms with Crippen LogP contribution in [0, 0.1) is 5.82 Å². The third-order valence-electron chi connectivity index (χ3n) is 1.40. The van der Waals surface area contributed by atoms with Crippen LogP contribution in [0.2, 0.25) is 0 Å². The van der Waals surface area contributed by atoms with Crippen LogP contribution in [0.25, 0.3) is 0 Å². The van der Waals surface area contributed by atoms with Crippen LogP contribution in [0.4, 0.5) is 17.6 Å². The second-order valence-electron chi connectivity index (χ2n) is 2.42. The molecule has 0 saturated heterocycles. The van der Waals surface area contributed by atoms with Crippen LogP contribution >= 0.6 is 0 Å². The van der Waals surface area contributed by atoms with Gasteiger partial charge in [-0.25, -0.2) is 9.37 Å². The highest BCUT2D eigenvalue weighted by Crippen LogP contribution is 2.29. The Morgan fingerprint density at radius 1 is 1.43 bits per heavy atom. The zero-order valence-electron chi connectivity index (χ0n) is 6.60. The molecule has 2 N–H and O–H groups in total.